The predicted molar refractivity (Wildman–Crippen MR) is 63.9 cm³/mol. The molecule has 2 atom stereocenters. The van der Waals surface area contributed by atoms with Crippen molar-refractivity contribution in [1.82, 2.24) is 9.78 Å². The highest BCUT2D eigenvalue weighted by atomic mass is 15.3. The second-order valence-corrected chi connectivity index (χ2v) is 4.22. The molecule has 0 amide bonds. The average molecular weight is 210 g/mol. The van der Waals surface area contributed by atoms with Crippen molar-refractivity contribution in [3.05, 3.63) is 11.8 Å². The number of nitrogens with zero attached hydrogens (tertiary/aromatic N) is 2. The Morgan fingerprint density at radius 1 is 1.60 bits per heavy atom. The molecule has 0 aromatic carbocycles. The van der Waals surface area contributed by atoms with E-state index < -0.39 is 0 Å². The number of aryl methyl sites for hydroxylation is 2. The van der Waals surface area contributed by atoms with E-state index in [0.29, 0.717) is 5.92 Å². The summed E-state index contributed by atoms with van der Waals surface area (Å²) in [6.45, 7) is 7.13. The molecule has 0 aliphatic rings. The van der Waals surface area contributed by atoms with Crippen LogP contribution in [0.3, 0.4) is 0 Å². The zero-order valence-corrected chi connectivity index (χ0v) is 10.1. The fraction of sp³-hybridized carbons (Fsp3) is 0.727. The van der Waals surface area contributed by atoms with E-state index in [4.69, 9.17) is 5.73 Å². The predicted octanol–water partition coefficient (Wildman–Crippen LogP) is 1.51. The Hall–Kier alpha value is -1.03. The zero-order chi connectivity index (χ0) is 11.4. The minimum Gasteiger partial charge on any atom is -0.369 e. The molecular weight excluding hydrogens is 188 g/mol. The van der Waals surface area contributed by atoms with Crippen LogP contribution >= 0.6 is 0 Å². The minimum atomic E-state index is 0.199. The molecule has 3 N–H and O–H groups in total. The van der Waals surface area contributed by atoms with Gasteiger partial charge in [0.05, 0.1) is 5.69 Å². The first-order chi connectivity index (χ1) is 7.04. The van der Waals surface area contributed by atoms with Crippen molar-refractivity contribution >= 4 is 5.82 Å². The quantitative estimate of drug-likeness (QED) is 0.774. The first-order valence-corrected chi connectivity index (χ1v) is 5.54. The summed E-state index contributed by atoms with van der Waals surface area (Å²) in [5.41, 5.74) is 7.07. The van der Waals surface area contributed by atoms with Crippen LogP contribution in [0.5, 0.6) is 0 Å². The van der Waals surface area contributed by atoms with Crippen LogP contribution < -0.4 is 11.1 Å². The smallest absolute Gasteiger partial charge is 0.124 e. The van der Waals surface area contributed by atoms with Crippen LogP contribution in [0.15, 0.2) is 6.07 Å². The number of hydrogen-bond donors (Lipinski definition) is 2. The van der Waals surface area contributed by atoms with Crippen LogP contribution in [0.1, 0.15) is 26.0 Å². The van der Waals surface area contributed by atoms with Gasteiger partial charge < -0.3 is 11.1 Å². The largest absolute Gasteiger partial charge is 0.369 e. The molecule has 4 heteroatoms. The summed E-state index contributed by atoms with van der Waals surface area (Å²) >= 11 is 0. The maximum Gasteiger partial charge on any atom is 0.124 e. The lowest BCUT2D eigenvalue weighted by Crippen LogP contribution is -2.35. The highest BCUT2D eigenvalue weighted by molar-refractivity contribution is 5.36. The van der Waals surface area contributed by atoms with E-state index in [0.717, 1.165) is 24.5 Å². The van der Waals surface area contributed by atoms with Gasteiger partial charge in [0, 0.05) is 25.7 Å². The summed E-state index contributed by atoms with van der Waals surface area (Å²) in [6, 6.07) is 2.23. The molecule has 86 valence electrons. The molecule has 1 heterocycles. The number of aromatic nitrogens is 2. The summed E-state index contributed by atoms with van der Waals surface area (Å²) in [5, 5.41) is 7.59. The third-order valence-electron chi connectivity index (χ3n) is 2.90. The molecule has 4 nitrogen and oxygen atoms in total. The van der Waals surface area contributed by atoms with Gasteiger partial charge >= 0.3 is 0 Å². The van der Waals surface area contributed by atoms with Gasteiger partial charge in [0.15, 0.2) is 0 Å². The number of anilines is 1. The van der Waals surface area contributed by atoms with Crippen molar-refractivity contribution in [2.75, 3.05) is 11.9 Å². The highest BCUT2D eigenvalue weighted by Crippen LogP contribution is 2.10. The Labute approximate surface area is 91.8 Å². The molecule has 2 unspecified atom stereocenters. The summed E-state index contributed by atoms with van der Waals surface area (Å²) < 4.78 is 1.85. The van der Waals surface area contributed by atoms with Gasteiger partial charge in [0.25, 0.3) is 0 Å². The third-order valence-corrected chi connectivity index (χ3v) is 2.90. The molecule has 0 aliphatic heterocycles. The average Bonchev–Trinajstić information content (AvgIpc) is 2.52. The Kier molecular flexibility index (Phi) is 4.15. The lowest BCUT2D eigenvalue weighted by molar-refractivity contribution is 0.456. The molecule has 1 aromatic rings. The number of hydrogen-bond acceptors (Lipinski definition) is 3. The SMILES string of the molecule is CCC(C)C(N)CNc1cc(C)nn1C. The van der Waals surface area contributed by atoms with E-state index in [9.17, 15) is 0 Å². The van der Waals surface area contributed by atoms with Crippen LogP contribution in [0.4, 0.5) is 5.82 Å². The van der Waals surface area contributed by atoms with Crippen LogP contribution in [-0.4, -0.2) is 22.4 Å². The monoisotopic (exact) mass is 210 g/mol. The van der Waals surface area contributed by atoms with E-state index in [1.807, 2.05) is 24.7 Å². The maximum absolute atomic E-state index is 6.04. The second-order valence-electron chi connectivity index (χ2n) is 4.22. The van der Waals surface area contributed by atoms with Gasteiger partial charge in [-0.1, -0.05) is 20.3 Å². The van der Waals surface area contributed by atoms with Gasteiger partial charge in [-0.3, -0.25) is 4.68 Å². The molecule has 0 radical (unpaired) electrons. The molecule has 0 saturated carbocycles. The maximum atomic E-state index is 6.04. The van der Waals surface area contributed by atoms with Gasteiger partial charge in [-0.25, -0.2) is 0 Å². The third kappa shape index (κ3) is 3.23. The molecule has 1 aromatic heterocycles. The van der Waals surface area contributed by atoms with Crippen LogP contribution in [-0.2, 0) is 7.05 Å². The number of nitrogens with two attached hydrogens (primary N) is 1. The Morgan fingerprint density at radius 2 is 2.27 bits per heavy atom. The van der Waals surface area contributed by atoms with Crippen LogP contribution in [0, 0.1) is 12.8 Å². The molecule has 1 rings (SSSR count). The van der Waals surface area contributed by atoms with Crippen molar-refractivity contribution in [2.45, 2.75) is 33.2 Å². The van der Waals surface area contributed by atoms with Gasteiger partial charge in [-0.2, -0.15) is 5.10 Å². The standard InChI is InChI=1S/C11H22N4/c1-5-8(2)10(12)7-13-11-6-9(3)14-15(11)4/h6,8,10,13H,5,7,12H2,1-4H3. The first kappa shape index (κ1) is 12.0. The number of nitrogens with one attached hydrogen (secondary N) is 1. The van der Waals surface area contributed by atoms with Gasteiger partial charge in [0.2, 0.25) is 0 Å². The van der Waals surface area contributed by atoms with Gasteiger partial charge in [0.1, 0.15) is 5.82 Å². The Morgan fingerprint density at radius 3 is 2.73 bits per heavy atom. The van der Waals surface area contributed by atoms with E-state index in [1.54, 1.807) is 0 Å². The van der Waals surface area contributed by atoms with Crippen LogP contribution in [0.2, 0.25) is 0 Å². The van der Waals surface area contributed by atoms with Crippen molar-refractivity contribution < 1.29 is 0 Å². The minimum absolute atomic E-state index is 0.199. The van der Waals surface area contributed by atoms with Crippen molar-refractivity contribution in [1.29, 1.82) is 0 Å². The fourth-order valence-electron chi connectivity index (χ4n) is 1.50. The van der Waals surface area contributed by atoms with Gasteiger partial charge in [-0.15, -0.1) is 0 Å². The number of rotatable bonds is 5. The molecule has 0 aliphatic carbocycles. The molecule has 0 spiro atoms. The van der Waals surface area contributed by atoms with Crippen molar-refractivity contribution in [3.8, 4) is 0 Å². The summed E-state index contributed by atoms with van der Waals surface area (Å²) in [5.74, 6) is 1.58. The molecule has 0 bridgehead atoms. The molecular formula is C11H22N4. The first-order valence-electron chi connectivity index (χ1n) is 5.54. The van der Waals surface area contributed by atoms with Gasteiger partial charge in [-0.05, 0) is 12.8 Å². The van der Waals surface area contributed by atoms with E-state index in [2.05, 4.69) is 24.3 Å². The second kappa shape index (κ2) is 5.16. The topological polar surface area (TPSA) is 55.9 Å². The Bertz CT molecular complexity index is 306. The molecule has 15 heavy (non-hydrogen) atoms. The van der Waals surface area contributed by atoms with Crippen molar-refractivity contribution in [3.63, 3.8) is 0 Å². The summed E-state index contributed by atoms with van der Waals surface area (Å²) in [7, 11) is 1.93. The lowest BCUT2D eigenvalue weighted by atomic mass is 10.0. The fourth-order valence-corrected chi connectivity index (χ4v) is 1.50. The highest BCUT2D eigenvalue weighted by Gasteiger charge is 2.11. The lowest BCUT2D eigenvalue weighted by Gasteiger charge is -2.19. The van der Waals surface area contributed by atoms with Crippen molar-refractivity contribution in [2.24, 2.45) is 18.7 Å². The summed E-state index contributed by atoms with van der Waals surface area (Å²) in [6.07, 6.45) is 1.12. The molecule has 0 fully saturated rings. The normalized spacial score (nSPS) is 15.0. The zero-order valence-electron chi connectivity index (χ0n) is 10.1. The van der Waals surface area contributed by atoms with Crippen LogP contribution in [0.25, 0.3) is 0 Å². The van der Waals surface area contributed by atoms with E-state index in [1.165, 1.54) is 0 Å². The summed E-state index contributed by atoms with van der Waals surface area (Å²) in [4.78, 5) is 0. The van der Waals surface area contributed by atoms with E-state index in [-0.39, 0.29) is 6.04 Å². The Balaban J connectivity index is 2.46. The molecule has 0 saturated heterocycles. The van der Waals surface area contributed by atoms with E-state index >= 15 is 0 Å².